The zero-order chi connectivity index (χ0) is 34.7. The van der Waals surface area contributed by atoms with Crippen LogP contribution in [0.5, 0.6) is 11.5 Å². The summed E-state index contributed by atoms with van der Waals surface area (Å²) in [6.07, 6.45) is 0. The van der Waals surface area contributed by atoms with E-state index in [4.69, 9.17) is 4.74 Å². The Bertz CT molecular complexity index is 2420. The second-order valence-electron chi connectivity index (χ2n) is 14.6. The molecule has 2 aliphatic heterocycles. The second-order valence-corrected chi connectivity index (χ2v) is 20.0. The molecule has 0 atom stereocenters. The Labute approximate surface area is 306 Å². The van der Waals surface area contributed by atoms with Crippen molar-refractivity contribution < 1.29 is 4.74 Å². The standard InChI is InChI=1S/C47H39NOSSi/c1-47(2)38-17-8-9-20-41(38)49-45-37(16-12-18-39(45)47)34-26-30-36(31-27-34)48(35-28-24-33(25-29-35)32-14-6-5-7-15-32)40-19-13-23-44-46(40)50-42-21-10-11-22-43(42)51(44,3)4/h5-31H,1-4H3. The molecule has 0 amide bonds. The van der Waals surface area contributed by atoms with Crippen LogP contribution >= 0.6 is 11.8 Å². The Kier molecular flexibility index (Phi) is 7.57. The zero-order valence-electron chi connectivity index (χ0n) is 29.4. The van der Waals surface area contributed by atoms with Crippen LogP contribution in [0.4, 0.5) is 17.1 Å². The molecule has 7 aromatic carbocycles. The molecule has 0 unspecified atom stereocenters. The van der Waals surface area contributed by atoms with Crippen molar-refractivity contribution in [2.24, 2.45) is 0 Å². The van der Waals surface area contributed by atoms with Crippen LogP contribution in [0.2, 0.25) is 13.1 Å². The fraction of sp³-hybridized carbons (Fsp3) is 0.106. The molecular weight excluding hydrogens is 655 g/mol. The number of hydrogen-bond donors (Lipinski definition) is 0. The smallest absolute Gasteiger partial charge is 0.139 e. The van der Waals surface area contributed by atoms with Crippen molar-refractivity contribution >= 4 is 47.3 Å². The molecule has 0 aliphatic carbocycles. The summed E-state index contributed by atoms with van der Waals surface area (Å²) >= 11 is 1.92. The minimum Gasteiger partial charge on any atom is -0.456 e. The third-order valence-corrected chi connectivity index (χ3v) is 15.9. The van der Waals surface area contributed by atoms with Gasteiger partial charge in [-0.3, -0.25) is 0 Å². The van der Waals surface area contributed by atoms with E-state index in [-0.39, 0.29) is 5.41 Å². The summed E-state index contributed by atoms with van der Waals surface area (Å²) in [6, 6.07) is 59.6. The first-order valence-corrected chi connectivity index (χ1v) is 21.5. The van der Waals surface area contributed by atoms with Crippen LogP contribution in [-0.2, 0) is 5.41 Å². The largest absolute Gasteiger partial charge is 0.456 e. The van der Waals surface area contributed by atoms with E-state index in [0.29, 0.717) is 0 Å². The van der Waals surface area contributed by atoms with Crippen molar-refractivity contribution in [3.63, 3.8) is 0 Å². The highest BCUT2D eigenvalue weighted by atomic mass is 32.2. The van der Waals surface area contributed by atoms with Gasteiger partial charge in [-0.2, -0.15) is 0 Å². The lowest BCUT2D eigenvalue weighted by Gasteiger charge is -2.36. The van der Waals surface area contributed by atoms with Gasteiger partial charge in [0.15, 0.2) is 0 Å². The summed E-state index contributed by atoms with van der Waals surface area (Å²) < 4.78 is 6.66. The fourth-order valence-electron chi connectivity index (χ4n) is 7.97. The van der Waals surface area contributed by atoms with E-state index in [2.05, 4.69) is 196 Å². The van der Waals surface area contributed by atoms with Crippen molar-refractivity contribution in [3.05, 3.63) is 175 Å². The Morgan fingerprint density at radius 2 is 1.12 bits per heavy atom. The topological polar surface area (TPSA) is 12.5 Å². The highest BCUT2D eigenvalue weighted by molar-refractivity contribution is 8.00. The van der Waals surface area contributed by atoms with E-state index in [0.717, 1.165) is 34.0 Å². The second kappa shape index (κ2) is 12.2. The van der Waals surface area contributed by atoms with Gasteiger partial charge in [0.1, 0.15) is 19.6 Å². The first-order chi connectivity index (χ1) is 24.8. The van der Waals surface area contributed by atoms with Crippen molar-refractivity contribution in [1.29, 1.82) is 0 Å². The summed E-state index contributed by atoms with van der Waals surface area (Å²) in [7, 11) is -1.93. The van der Waals surface area contributed by atoms with E-state index in [1.807, 2.05) is 11.8 Å². The SMILES string of the molecule is CC1(C)c2ccccc2Oc2c(-c3ccc(N(c4ccc(-c5ccccc5)cc4)c4cccc5c4Sc4ccccc4[Si]5(C)C)cc3)cccc21. The van der Waals surface area contributed by atoms with Crippen molar-refractivity contribution in [2.45, 2.75) is 42.1 Å². The molecule has 0 spiro atoms. The average molecular weight is 694 g/mol. The van der Waals surface area contributed by atoms with Crippen molar-refractivity contribution in [3.8, 4) is 33.8 Å². The average Bonchev–Trinajstić information content (AvgIpc) is 3.16. The highest BCUT2D eigenvalue weighted by Gasteiger charge is 2.38. The number of anilines is 3. The molecule has 0 aromatic heterocycles. The van der Waals surface area contributed by atoms with Gasteiger partial charge in [-0.05, 0) is 69.5 Å². The Morgan fingerprint density at radius 3 is 1.88 bits per heavy atom. The maximum atomic E-state index is 6.66. The summed E-state index contributed by atoms with van der Waals surface area (Å²) in [5.41, 5.74) is 10.4. The molecule has 0 bridgehead atoms. The number of hydrogen-bond acceptors (Lipinski definition) is 3. The van der Waals surface area contributed by atoms with Gasteiger partial charge in [-0.1, -0.05) is 160 Å². The summed E-state index contributed by atoms with van der Waals surface area (Å²) in [5, 5.41) is 3.00. The maximum absolute atomic E-state index is 6.66. The monoisotopic (exact) mass is 693 g/mol. The van der Waals surface area contributed by atoms with E-state index in [1.54, 1.807) is 0 Å². The van der Waals surface area contributed by atoms with Gasteiger partial charge in [-0.15, -0.1) is 0 Å². The first kappa shape index (κ1) is 31.7. The Hall–Kier alpha value is -5.29. The summed E-state index contributed by atoms with van der Waals surface area (Å²) in [6.45, 7) is 9.57. The molecule has 2 heterocycles. The quantitative estimate of drug-likeness (QED) is 0.167. The van der Waals surface area contributed by atoms with Crippen LogP contribution in [0.1, 0.15) is 25.0 Å². The maximum Gasteiger partial charge on any atom is 0.139 e. The number of ether oxygens (including phenoxy) is 1. The lowest BCUT2D eigenvalue weighted by molar-refractivity contribution is 0.419. The number of para-hydroxylation sites is 2. The van der Waals surface area contributed by atoms with Crippen LogP contribution in [0, 0.1) is 0 Å². The van der Waals surface area contributed by atoms with E-state index in [1.165, 1.54) is 48.1 Å². The van der Waals surface area contributed by atoms with Gasteiger partial charge in [0.2, 0.25) is 0 Å². The van der Waals surface area contributed by atoms with Crippen LogP contribution < -0.4 is 20.0 Å². The number of rotatable bonds is 5. The molecule has 7 aromatic rings. The van der Waals surface area contributed by atoms with Gasteiger partial charge in [0.05, 0.1) is 5.69 Å². The lowest BCUT2D eigenvalue weighted by Crippen LogP contribution is -2.56. The molecule has 0 radical (unpaired) electrons. The number of benzene rings is 7. The predicted molar refractivity (Wildman–Crippen MR) is 218 cm³/mol. The van der Waals surface area contributed by atoms with Crippen molar-refractivity contribution in [1.82, 2.24) is 0 Å². The van der Waals surface area contributed by atoms with Gasteiger partial charge in [0.25, 0.3) is 0 Å². The number of nitrogens with zero attached hydrogens (tertiary/aromatic N) is 1. The minimum absolute atomic E-state index is 0.164. The molecule has 2 aliphatic rings. The van der Waals surface area contributed by atoms with Gasteiger partial charge < -0.3 is 9.64 Å². The first-order valence-electron chi connectivity index (χ1n) is 17.7. The molecule has 51 heavy (non-hydrogen) atoms. The Morgan fingerprint density at radius 1 is 0.529 bits per heavy atom. The van der Waals surface area contributed by atoms with Crippen LogP contribution in [0.15, 0.2) is 174 Å². The fourth-order valence-corrected chi connectivity index (χ4v) is 13.5. The van der Waals surface area contributed by atoms with Crippen LogP contribution in [-0.4, -0.2) is 8.07 Å². The molecule has 0 fully saturated rings. The normalized spacial score (nSPS) is 14.7. The molecule has 9 rings (SSSR count). The van der Waals surface area contributed by atoms with Crippen LogP contribution in [0.25, 0.3) is 22.3 Å². The zero-order valence-corrected chi connectivity index (χ0v) is 31.2. The van der Waals surface area contributed by atoms with E-state index < -0.39 is 8.07 Å². The summed E-state index contributed by atoms with van der Waals surface area (Å²) in [5.74, 6) is 1.88. The predicted octanol–water partition coefficient (Wildman–Crippen LogP) is 12.2. The lowest BCUT2D eigenvalue weighted by atomic mass is 9.75. The third-order valence-electron chi connectivity index (χ3n) is 10.8. The minimum atomic E-state index is -1.93. The number of fused-ring (bicyclic) bond motifs is 4. The molecule has 0 N–H and O–H groups in total. The van der Waals surface area contributed by atoms with Gasteiger partial charge in [-0.25, -0.2) is 0 Å². The molecule has 248 valence electrons. The summed E-state index contributed by atoms with van der Waals surface area (Å²) in [4.78, 5) is 5.18. The van der Waals surface area contributed by atoms with Crippen LogP contribution in [0.3, 0.4) is 0 Å². The van der Waals surface area contributed by atoms with Gasteiger partial charge in [0, 0.05) is 43.3 Å². The van der Waals surface area contributed by atoms with Gasteiger partial charge >= 0.3 is 0 Å². The van der Waals surface area contributed by atoms with E-state index in [9.17, 15) is 0 Å². The third kappa shape index (κ3) is 5.24. The van der Waals surface area contributed by atoms with Crippen molar-refractivity contribution in [2.75, 3.05) is 4.90 Å². The highest BCUT2D eigenvalue weighted by Crippen LogP contribution is 2.51. The molecule has 4 heteroatoms. The van der Waals surface area contributed by atoms with E-state index >= 15 is 0 Å². The molecule has 0 saturated heterocycles. The molecule has 2 nitrogen and oxygen atoms in total. The Balaban J connectivity index is 1.17. The molecular formula is C47H39NOSSi. The molecule has 0 saturated carbocycles.